The van der Waals surface area contributed by atoms with Crippen LogP contribution in [0.2, 0.25) is 0 Å². The van der Waals surface area contributed by atoms with Gasteiger partial charge in [0.1, 0.15) is 13.2 Å². The third kappa shape index (κ3) is 3.30. The quantitative estimate of drug-likeness (QED) is 0.832. The highest BCUT2D eigenvalue weighted by Crippen LogP contribution is 2.33. The Labute approximate surface area is 116 Å². The van der Waals surface area contributed by atoms with Crippen molar-refractivity contribution in [2.24, 2.45) is 0 Å². The highest BCUT2D eigenvalue weighted by atomic mass is 35.5. The van der Waals surface area contributed by atoms with Gasteiger partial charge in [0.2, 0.25) is 0 Å². The van der Waals surface area contributed by atoms with Crippen LogP contribution in [0.1, 0.15) is 10.4 Å². The number of carbonyl (C=O) groups is 1. The summed E-state index contributed by atoms with van der Waals surface area (Å²) in [4.78, 5) is 12.2. The van der Waals surface area contributed by atoms with Crippen molar-refractivity contribution in [2.75, 3.05) is 32.8 Å². The SMILES string of the molecule is COCC(CCl)NC(=O)c1cccc2c1OCCO2. The number of hydrogen-bond acceptors (Lipinski definition) is 4. The molecule has 0 saturated carbocycles. The maximum atomic E-state index is 12.2. The van der Waals surface area contributed by atoms with E-state index in [1.165, 1.54) is 0 Å². The van der Waals surface area contributed by atoms with Gasteiger partial charge in [-0.3, -0.25) is 4.79 Å². The molecule has 0 radical (unpaired) electrons. The normalized spacial score (nSPS) is 14.8. The number of para-hydroxylation sites is 1. The number of hydrogen-bond donors (Lipinski definition) is 1. The summed E-state index contributed by atoms with van der Waals surface area (Å²) in [6.07, 6.45) is 0. The number of rotatable bonds is 5. The average Bonchev–Trinajstić information content (AvgIpc) is 2.46. The fourth-order valence-corrected chi connectivity index (χ4v) is 2.01. The number of methoxy groups -OCH3 is 1. The average molecular weight is 286 g/mol. The van der Waals surface area contributed by atoms with Gasteiger partial charge in [-0.2, -0.15) is 0 Å². The first-order valence-corrected chi connectivity index (χ1v) is 6.54. The molecule has 0 saturated heterocycles. The number of nitrogens with one attached hydrogen (secondary N) is 1. The largest absolute Gasteiger partial charge is 0.486 e. The number of carbonyl (C=O) groups excluding carboxylic acids is 1. The van der Waals surface area contributed by atoms with E-state index in [0.717, 1.165) is 0 Å². The molecule has 2 rings (SSSR count). The maximum Gasteiger partial charge on any atom is 0.255 e. The predicted octanol–water partition coefficient (Wildman–Crippen LogP) is 1.44. The summed E-state index contributed by atoms with van der Waals surface area (Å²) in [5, 5.41) is 2.80. The molecular formula is C13H16ClNO4. The number of benzene rings is 1. The molecule has 1 unspecified atom stereocenters. The van der Waals surface area contributed by atoms with Crippen LogP contribution in [0, 0.1) is 0 Å². The summed E-state index contributed by atoms with van der Waals surface area (Å²) in [6, 6.07) is 4.99. The van der Waals surface area contributed by atoms with Crippen molar-refractivity contribution in [3.8, 4) is 11.5 Å². The van der Waals surface area contributed by atoms with Crippen molar-refractivity contribution in [3.05, 3.63) is 23.8 Å². The Balaban J connectivity index is 2.15. The standard InChI is InChI=1S/C13H16ClNO4/c1-17-8-9(7-14)15-13(16)10-3-2-4-11-12(10)19-6-5-18-11/h2-4,9H,5-8H2,1H3,(H,15,16). The van der Waals surface area contributed by atoms with Gasteiger partial charge < -0.3 is 19.5 Å². The first-order chi connectivity index (χ1) is 9.26. The predicted molar refractivity (Wildman–Crippen MR) is 71.3 cm³/mol. The second kappa shape index (κ2) is 6.63. The van der Waals surface area contributed by atoms with Gasteiger partial charge in [-0.25, -0.2) is 0 Å². The molecule has 1 heterocycles. The van der Waals surface area contributed by atoms with Gasteiger partial charge in [0.15, 0.2) is 11.5 Å². The zero-order chi connectivity index (χ0) is 13.7. The van der Waals surface area contributed by atoms with Gasteiger partial charge in [0, 0.05) is 13.0 Å². The second-order valence-corrected chi connectivity index (χ2v) is 4.42. The van der Waals surface area contributed by atoms with Crippen molar-refractivity contribution >= 4 is 17.5 Å². The van der Waals surface area contributed by atoms with Crippen molar-refractivity contribution in [2.45, 2.75) is 6.04 Å². The van der Waals surface area contributed by atoms with E-state index in [-0.39, 0.29) is 17.8 Å². The summed E-state index contributed by atoms with van der Waals surface area (Å²) >= 11 is 5.77. The lowest BCUT2D eigenvalue weighted by Crippen LogP contribution is -2.39. The summed E-state index contributed by atoms with van der Waals surface area (Å²) < 4.78 is 15.9. The second-order valence-electron chi connectivity index (χ2n) is 4.11. The third-order valence-corrected chi connectivity index (χ3v) is 3.07. The Morgan fingerprint density at radius 3 is 3.00 bits per heavy atom. The van der Waals surface area contributed by atoms with Crippen LogP contribution in [0.25, 0.3) is 0 Å². The van der Waals surface area contributed by atoms with Crippen LogP contribution in [0.15, 0.2) is 18.2 Å². The van der Waals surface area contributed by atoms with Gasteiger partial charge in [-0.1, -0.05) is 6.07 Å². The number of alkyl halides is 1. The zero-order valence-corrected chi connectivity index (χ0v) is 11.4. The van der Waals surface area contributed by atoms with E-state index in [1.807, 2.05) is 0 Å². The smallest absolute Gasteiger partial charge is 0.255 e. The summed E-state index contributed by atoms with van der Waals surface area (Å²) in [5.41, 5.74) is 0.448. The number of ether oxygens (including phenoxy) is 3. The molecule has 1 aromatic rings. The third-order valence-electron chi connectivity index (χ3n) is 2.70. The highest BCUT2D eigenvalue weighted by Gasteiger charge is 2.21. The highest BCUT2D eigenvalue weighted by molar-refractivity contribution is 6.18. The van der Waals surface area contributed by atoms with Crippen molar-refractivity contribution in [1.29, 1.82) is 0 Å². The van der Waals surface area contributed by atoms with E-state index >= 15 is 0 Å². The molecule has 0 bridgehead atoms. The van der Waals surface area contributed by atoms with Gasteiger partial charge in [-0.15, -0.1) is 11.6 Å². The van der Waals surface area contributed by atoms with Crippen molar-refractivity contribution < 1.29 is 19.0 Å². The lowest BCUT2D eigenvalue weighted by Gasteiger charge is -2.21. The van der Waals surface area contributed by atoms with Gasteiger partial charge >= 0.3 is 0 Å². The number of amides is 1. The molecule has 104 valence electrons. The molecule has 0 aromatic heterocycles. The molecule has 0 spiro atoms. The first-order valence-electron chi connectivity index (χ1n) is 6.00. The Morgan fingerprint density at radius 1 is 1.47 bits per heavy atom. The molecule has 1 aliphatic rings. The van der Waals surface area contributed by atoms with Crippen molar-refractivity contribution in [1.82, 2.24) is 5.32 Å². The molecule has 19 heavy (non-hydrogen) atoms. The van der Waals surface area contributed by atoms with E-state index in [9.17, 15) is 4.79 Å². The fraction of sp³-hybridized carbons (Fsp3) is 0.462. The Morgan fingerprint density at radius 2 is 2.26 bits per heavy atom. The van der Waals surface area contributed by atoms with E-state index in [1.54, 1.807) is 25.3 Å². The van der Waals surface area contributed by atoms with Crippen molar-refractivity contribution in [3.63, 3.8) is 0 Å². The molecule has 0 aliphatic carbocycles. The molecule has 1 aliphatic heterocycles. The van der Waals surface area contributed by atoms with Crippen LogP contribution in [-0.2, 0) is 4.74 Å². The molecule has 6 heteroatoms. The topological polar surface area (TPSA) is 56.8 Å². The molecule has 1 N–H and O–H groups in total. The van der Waals surface area contributed by atoms with Gasteiger partial charge in [0.25, 0.3) is 5.91 Å². The minimum atomic E-state index is -0.245. The van der Waals surface area contributed by atoms with Crippen LogP contribution in [-0.4, -0.2) is 44.8 Å². The number of halogens is 1. The molecule has 1 aromatic carbocycles. The lowest BCUT2D eigenvalue weighted by atomic mass is 10.1. The number of fused-ring (bicyclic) bond motifs is 1. The van der Waals surface area contributed by atoms with Crippen LogP contribution in [0.4, 0.5) is 0 Å². The van der Waals surface area contributed by atoms with E-state index in [2.05, 4.69) is 5.32 Å². The van der Waals surface area contributed by atoms with Crippen LogP contribution in [0.5, 0.6) is 11.5 Å². The molecule has 5 nitrogen and oxygen atoms in total. The minimum absolute atomic E-state index is 0.237. The van der Waals surface area contributed by atoms with Crippen LogP contribution < -0.4 is 14.8 Å². The Hall–Kier alpha value is -1.46. The lowest BCUT2D eigenvalue weighted by molar-refractivity contribution is 0.0896. The summed E-state index contributed by atoms with van der Waals surface area (Å²) in [6.45, 7) is 1.29. The molecular weight excluding hydrogens is 270 g/mol. The fourth-order valence-electron chi connectivity index (χ4n) is 1.84. The van der Waals surface area contributed by atoms with Gasteiger partial charge in [0.05, 0.1) is 18.2 Å². The molecule has 0 fully saturated rings. The van der Waals surface area contributed by atoms with E-state index in [4.69, 9.17) is 25.8 Å². The van der Waals surface area contributed by atoms with Crippen LogP contribution in [0.3, 0.4) is 0 Å². The summed E-state index contributed by atoms with van der Waals surface area (Å²) in [5.74, 6) is 1.11. The monoisotopic (exact) mass is 285 g/mol. The molecule has 1 amide bonds. The molecule has 1 atom stereocenters. The first kappa shape index (κ1) is 14.0. The maximum absolute atomic E-state index is 12.2. The van der Waals surface area contributed by atoms with Gasteiger partial charge in [-0.05, 0) is 12.1 Å². The van der Waals surface area contributed by atoms with E-state index < -0.39 is 0 Å². The zero-order valence-electron chi connectivity index (χ0n) is 10.6. The Bertz CT molecular complexity index is 452. The summed E-state index contributed by atoms with van der Waals surface area (Å²) in [7, 11) is 1.56. The van der Waals surface area contributed by atoms with E-state index in [0.29, 0.717) is 36.9 Å². The Kier molecular flexibility index (Phi) is 4.87. The minimum Gasteiger partial charge on any atom is -0.486 e. The van der Waals surface area contributed by atoms with Crippen LogP contribution >= 0.6 is 11.6 Å².